The highest BCUT2D eigenvalue weighted by Gasteiger charge is 2.23. The molecule has 1 saturated heterocycles. The van der Waals surface area contributed by atoms with Gasteiger partial charge in [0.1, 0.15) is 10.9 Å². The molecule has 1 N–H and O–H groups in total. The summed E-state index contributed by atoms with van der Waals surface area (Å²) >= 11 is 16.0. The number of hydrogen-bond donors (Lipinski definition) is 1. The molecule has 2 aromatic carbocycles. The highest BCUT2D eigenvalue weighted by atomic mass is 79.9. The van der Waals surface area contributed by atoms with Gasteiger partial charge in [-0.1, -0.05) is 69.7 Å². The van der Waals surface area contributed by atoms with Crippen molar-refractivity contribution in [2.45, 2.75) is 13.5 Å². The highest BCUT2D eigenvalue weighted by molar-refractivity contribution is 9.10. The molecular weight excluding hydrogens is 470 g/mol. The Labute approximate surface area is 180 Å². The Hall–Kier alpha value is -1.54. The molecular formula is C19H15BrClNO3S2. The van der Waals surface area contributed by atoms with Gasteiger partial charge in [0, 0.05) is 15.1 Å². The summed E-state index contributed by atoms with van der Waals surface area (Å²) in [5.74, 6) is 0.976. The molecule has 0 spiro atoms. The van der Waals surface area contributed by atoms with Gasteiger partial charge in [-0.3, -0.25) is 4.79 Å². The Morgan fingerprint density at radius 1 is 1.26 bits per heavy atom. The van der Waals surface area contributed by atoms with Gasteiger partial charge in [-0.2, -0.15) is 0 Å². The quantitative estimate of drug-likeness (QED) is 0.429. The van der Waals surface area contributed by atoms with Crippen LogP contribution >= 0.6 is 51.5 Å². The van der Waals surface area contributed by atoms with E-state index in [1.165, 1.54) is 11.8 Å². The average molecular weight is 485 g/mol. The number of amides is 1. The van der Waals surface area contributed by atoms with E-state index in [2.05, 4.69) is 21.2 Å². The molecule has 0 aromatic heterocycles. The maximum atomic E-state index is 11.9. The van der Waals surface area contributed by atoms with Crippen molar-refractivity contribution in [1.29, 1.82) is 0 Å². The summed E-state index contributed by atoms with van der Waals surface area (Å²) in [5, 5.41) is 3.25. The standard InChI is InChI=1S/C19H15BrClNO3S2/c1-2-24-15-7-12(8-17-18(23)22-19(26)27-17)13(20)9-16(15)25-10-11-5-3-4-6-14(11)21/h3-9H,2,10H2,1H3,(H,22,23,26)/b17-8+. The fourth-order valence-electron chi connectivity index (χ4n) is 2.38. The number of benzene rings is 2. The van der Waals surface area contributed by atoms with Gasteiger partial charge in [0.05, 0.1) is 11.5 Å². The van der Waals surface area contributed by atoms with Crippen LogP contribution in [0.3, 0.4) is 0 Å². The van der Waals surface area contributed by atoms with E-state index in [1.54, 1.807) is 6.08 Å². The molecule has 4 nitrogen and oxygen atoms in total. The minimum absolute atomic E-state index is 0.200. The van der Waals surface area contributed by atoms with Crippen molar-refractivity contribution in [1.82, 2.24) is 5.32 Å². The Kier molecular flexibility index (Phi) is 6.81. The third-order valence-electron chi connectivity index (χ3n) is 3.63. The monoisotopic (exact) mass is 483 g/mol. The smallest absolute Gasteiger partial charge is 0.263 e. The molecule has 1 fully saturated rings. The van der Waals surface area contributed by atoms with Crippen molar-refractivity contribution in [2.24, 2.45) is 0 Å². The van der Waals surface area contributed by atoms with E-state index in [1.807, 2.05) is 43.3 Å². The first kappa shape index (κ1) is 20.2. The second-order valence-electron chi connectivity index (χ2n) is 5.49. The molecule has 1 aliphatic rings. The Morgan fingerprint density at radius 2 is 2.00 bits per heavy atom. The topological polar surface area (TPSA) is 47.6 Å². The van der Waals surface area contributed by atoms with Crippen molar-refractivity contribution >= 4 is 67.8 Å². The number of thiocarbonyl (C=S) groups is 1. The highest BCUT2D eigenvalue weighted by Crippen LogP contribution is 2.37. The molecule has 1 amide bonds. The van der Waals surface area contributed by atoms with Crippen LogP contribution in [0.5, 0.6) is 11.5 Å². The lowest BCUT2D eigenvalue weighted by Gasteiger charge is -2.14. The minimum atomic E-state index is -0.200. The molecule has 0 radical (unpaired) electrons. The summed E-state index contributed by atoms with van der Waals surface area (Å²) in [4.78, 5) is 12.4. The molecule has 8 heteroatoms. The number of ether oxygens (including phenoxy) is 2. The summed E-state index contributed by atoms with van der Waals surface area (Å²) in [6, 6.07) is 11.2. The summed E-state index contributed by atoms with van der Waals surface area (Å²) in [6.07, 6.45) is 1.77. The molecule has 0 saturated carbocycles. The second kappa shape index (κ2) is 9.10. The van der Waals surface area contributed by atoms with Crippen LogP contribution in [-0.2, 0) is 11.4 Å². The van der Waals surface area contributed by atoms with Crippen LogP contribution in [0.2, 0.25) is 5.02 Å². The van der Waals surface area contributed by atoms with E-state index >= 15 is 0 Å². The molecule has 140 valence electrons. The number of rotatable bonds is 6. The van der Waals surface area contributed by atoms with Crippen LogP contribution < -0.4 is 14.8 Å². The first-order chi connectivity index (χ1) is 13.0. The van der Waals surface area contributed by atoms with E-state index in [0.29, 0.717) is 39.0 Å². The van der Waals surface area contributed by atoms with E-state index in [4.69, 9.17) is 33.3 Å². The molecule has 0 bridgehead atoms. The summed E-state index contributed by atoms with van der Waals surface area (Å²) in [7, 11) is 0. The molecule has 1 heterocycles. The number of hydrogen-bond acceptors (Lipinski definition) is 5. The lowest BCUT2D eigenvalue weighted by Crippen LogP contribution is -2.17. The van der Waals surface area contributed by atoms with Gasteiger partial charge in [0.25, 0.3) is 5.91 Å². The van der Waals surface area contributed by atoms with Crippen LogP contribution in [0.1, 0.15) is 18.1 Å². The zero-order chi connectivity index (χ0) is 19.4. The molecule has 27 heavy (non-hydrogen) atoms. The van der Waals surface area contributed by atoms with E-state index in [9.17, 15) is 4.79 Å². The van der Waals surface area contributed by atoms with Crippen molar-refractivity contribution in [3.63, 3.8) is 0 Å². The first-order valence-corrected chi connectivity index (χ1v) is 10.4. The van der Waals surface area contributed by atoms with Gasteiger partial charge in [-0.05, 0) is 36.8 Å². The van der Waals surface area contributed by atoms with Gasteiger partial charge in [-0.15, -0.1) is 0 Å². The predicted molar refractivity (Wildman–Crippen MR) is 117 cm³/mol. The van der Waals surface area contributed by atoms with Gasteiger partial charge >= 0.3 is 0 Å². The van der Waals surface area contributed by atoms with Gasteiger partial charge < -0.3 is 14.8 Å². The van der Waals surface area contributed by atoms with Crippen LogP contribution in [0, 0.1) is 0 Å². The fourth-order valence-corrected chi connectivity index (χ4v) is 4.04. The van der Waals surface area contributed by atoms with Crippen LogP contribution in [0.15, 0.2) is 45.8 Å². The minimum Gasteiger partial charge on any atom is -0.490 e. The van der Waals surface area contributed by atoms with Crippen molar-refractivity contribution in [2.75, 3.05) is 6.61 Å². The summed E-state index contributed by atoms with van der Waals surface area (Å²) < 4.78 is 12.9. The Bertz CT molecular complexity index is 933. The van der Waals surface area contributed by atoms with Crippen LogP contribution in [-0.4, -0.2) is 16.8 Å². The third-order valence-corrected chi connectivity index (χ3v) is 5.85. The van der Waals surface area contributed by atoms with Crippen molar-refractivity contribution in [3.8, 4) is 11.5 Å². The molecule has 0 aliphatic carbocycles. The molecule has 3 rings (SSSR count). The molecule has 1 aliphatic heterocycles. The Morgan fingerprint density at radius 3 is 2.67 bits per heavy atom. The van der Waals surface area contributed by atoms with Crippen LogP contribution in [0.25, 0.3) is 6.08 Å². The zero-order valence-electron chi connectivity index (χ0n) is 14.3. The van der Waals surface area contributed by atoms with Crippen molar-refractivity contribution < 1.29 is 14.3 Å². The van der Waals surface area contributed by atoms with E-state index < -0.39 is 0 Å². The van der Waals surface area contributed by atoms with Gasteiger partial charge in [-0.25, -0.2) is 0 Å². The number of carbonyl (C=O) groups excluding carboxylic acids is 1. The number of carbonyl (C=O) groups is 1. The fraction of sp³-hybridized carbons (Fsp3) is 0.158. The normalized spacial score (nSPS) is 15.1. The molecule has 2 aromatic rings. The predicted octanol–water partition coefficient (Wildman–Crippen LogP) is 5.57. The number of nitrogens with one attached hydrogen (secondary N) is 1. The van der Waals surface area contributed by atoms with Gasteiger partial charge in [0.15, 0.2) is 11.5 Å². The van der Waals surface area contributed by atoms with Gasteiger partial charge in [0.2, 0.25) is 0 Å². The lowest BCUT2D eigenvalue weighted by molar-refractivity contribution is -0.115. The lowest BCUT2D eigenvalue weighted by atomic mass is 10.1. The van der Waals surface area contributed by atoms with E-state index in [0.717, 1.165) is 15.6 Å². The SMILES string of the molecule is CCOc1cc(/C=C2/SC(=S)NC2=O)c(Br)cc1OCc1ccccc1Cl. The number of thioether (sulfide) groups is 1. The van der Waals surface area contributed by atoms with Crippen molar-refractivity contribution in [3.05, 3.63) is 61.9 Å². The third kappa shape index (κ3) is 5.04. The Balaban J connectivity index is 1.88. The largest absolute Gasteiger partial charge is 0.490 e. The average Bonchev–Trinajstić information content (AvgIpc) is 2.95. The first-order valence-electron chi connectivity index (χ1n) is 8.05. The van der Waals surface area contributed by atoms with E-state index in [-0.39, 0.29) is 5.91 Å². The second-order valence-corrected chi connectivity index (χ2v) is 8.47. The number of halogens is 2. The van der Waals surface area contributed by atoms with Crippen LogP contribution in [0.4, 0.5) is 0 Å². The summed E-state index contributed by atoms with van der Waals surface area (Å²) in [6.45, 7) is 2.70. The molecule has 0 atom stereocenters. The maximum absolute atomic E-state index is 11.9. The zero-order valence-corrected chi connectivity index (χ0v) is 18.2. The molecule has 0 unspecified atom stereocenters. The summed E-state index contributed by atoms with van der Waals surface area (Å²) in [5.41, 5.74) is 1.68. The maximum Gasteiger partial charge on any atom is 0.263 e.